The lowest BCUT2D eigenvalue weighted by Crippen LogP contribution is -2.69. The van der Waals surface area contributed by atoms with Crippen molar-refractivity contribution < 1.29 is 64.9 Å². The first-order valence-corrected chi connectivity index (χ1v) is 14.9. The molecule has 3 fully saturated rings. The van der Waals surface area contributed by atoms with Gasteiger partial charge in [-0.15, -0.1) is 0 Å². The van der Waals surface area contributed by atoms with Crippen molar-refractivity contribution in [2.75, 3.05) is 39.3 Å². The summed E-state index contributed by atoms with van der Waals surface area (Å²) in [7, 11) is 0. The maximum atomic E-state index is 11.5. The highest BCUT2D eigenvalue weighted by Gasteiger charge is 2.52. The number of hydrogen-bond acceptors (Lipinski definition) is 19. The minimum atomic E-state index is -1.74. The van der Waals surface area contributed by atoms with Gasteiger partial charge in [0.15, 0.2) is 12.6 Å². The van der Waals surface area contributed by atoms with E-state index in [4.69, 9.17) is 41.9 Å². The Bertz CT molecular complexity index is 841. The summed E-state index contributed by atoms with van der Waals surface area (Å²) in [5.74, 6) is 0. The molecule has 1 aliphatic carbocycles. The van der Waals surface area contributed by atoms with E-state index in [2.05, 4.69) is 10.6 Å². The molecule has 0 aromatic heterocycles. The van der Waals surface area contributed by atoms with Crippen LogP contribution in [0, 0.1) is 0 Å². The second-order valence-electron chi connectivity index (χ2n) is 11.7. The van der Waals surface area contributed by atoms with Crippen LogP contribution in [0.25, 0.3) is 0 Å². The van der Waals surface area contributed by atoms with Gasteiger partial charge in [0.1, 0.15) is 61.0 Å². The number of nitrogens with one attached hydrogen (secondary N) is 2. The molecular formula is C25H52N6O13. The molecule has 19 heteroatoms. The van der Waals surface area contributed by atoms with Gasteiger partial charge < -0.3 is 98.5 Å². The molecule has 0 spiro atoms. The monoisotopic (exact) mass is 644 g/mol. The van der Waals surface area contributed by atoms with Gasteiger partial charge in [0.25, 0.3) is 0 Å². The average molecular weight is 645 g/mol. The Hall–Kier alpha value is -0.760. The van der Waals surface area contributed by atoms with Gasteiger partial charge >= 0.3 is 0 Å². The van der Waals surface area contributed by atoms with E-state index in [1.54, 1.807) is 0 Å². The molecule has 260 valence electrons. The van der Waals surface area contributed by atoms with Crippen LogP contribution in [0.1, 0.15) is 12.8 Å². The van der Waals surface area contributed by atoms with Gasteiger partial charge in [-0.05, 0) is 19.4 Å². The Balaban J connectivity index is 1.76. The largest absolute Gasteiger partial charge is 0.394 e. The third-order valence-corrected chi connectivity index (χ3v) is 8.32. The van der Waals surface area contributed by atoms with E-state index in [1.165, 1.54) is 0 Å². The molecule has 2 saturated heterocycles. The first-order valence-electron chi connectivity index (χ1n) is 14.9. The van der Waals surface area contributed by atoms with E-state index in [9.17, 15) is 46.0 Å². The number of aliphatic hydroxyl groups excluding tert-OH is 9. The minimum absolute atomic E-state index is 0.0131. The lowest BCUT2D eigenvalue weighted by atomic mass is 9.83. The zero-order valence-corrected chi connectivity index (χ0v) is 24.4. The summed E-state index contributed by atoms with van der Waals surface area (Å²) in [6, 6.07) is -2.95. The molecule has 0 radical (unpaired) electrons. The fourth-order valence-electron chi connectivity index (χ4n) is 5.59. The molecule has 3 rings (SSSR count). The number of aliphatic hydroxyl groups is 9. The molecule has 44 heavy (non-hydrogen) atoms. The fraction of sp³-hybridized carbons (Fsp3) is 1.00. The van der Waals surface area contributed by atoms with E-state index in [0.29, 0.717) is 6.42 Å². The molecule has 2 unspecified atom stereocenters. The molecule has 19 N–H and O–H groups in total. The number of hydrogen-bond donors (Lipinski definition) is 15. The third-order valence-electron chi connectivity index (χ3n) is 8.32. The van der Waals surface area contributed by atoms with Crippen molar-refractivity contribution in [3.05, 3.63) is 0 Å². The predicted molar refractivity (Wildman–Crippen MR) is 150 cm³/mol. The van der Waals surface area contributed by atoms with Crippen molar-refractivity contribution in [3.63, 3.8) is 0 Å². The molecule has 2 heterocycles. The Kier molecular flexibility index (Phi) is 14.9. The topological polar surface area (TPSA) is 347 Å². The Morgan fingerprint density at radius 3 is 2.02 bits per heavy atom. The van der Waals surface area contributed by atoms with Crippen molar-refractivity contribution in [1.29, 1.82) is 0 Å². The van der Waals surface area contributed by atoms with E-state index in [1.807, 2.05) is 0 Å². The standard InChI is InChI=1S/C25H52N6O13/c26-2-1-9(33)5-30-7-13-17(36)19(38)20(39)25(41-13)43-22-11(28)3-12(31-6-10(34)4-27)23(21(22)40)44-24-18(37)15(29)16(35)14(8-32)42-24/h9-25,30-40H,1-8,26-29H2/t9?,10?,11-,12+,13+,14+,15-,16+,17+,18+,19-,20+,21-,22+,23-,24+,25+/m0/s1. The normalized spacial score (nSPS) is 44.8. The first kappa shape index (κ1) is 37.7. The van der Waals surface area contributed by atoms with Gasteiger partial charge in [0.2, 0.25) is 0 Å². The Morgan fingerprint density at radius 2 is 1.39 bits per heavy atom. The van der Waals surface area contributed by atoms with Crippen LogP contribution in [-0.4, -0.2) is 189 Å². The smallest absolute Gasteiger partial charge is 0.187 e. The zero-order valence-electron chi connectivity index (χ0n) is 24.4. The average Bonchev–Trinajstić information content (AvgIpc) is 3.00. The first-order chi connectivity index (χ1) is 20.8. The van der Waals surface area contributed by atoms with Gasteiger partial charge in [0, 0.05) is 38.3 Å². The zero-order chi connectivity index (χ0) is 32.7. The SMILES string of the molecule is NCCC(O)CNC[C@H]1O[C@H](O[C@H]2[C@H](O)[C@@H](O[C@H]3O[C@H](CO)[C@@H](O)[C@H](N)[C@H]3O)[C@H](NCC(O)CN)C[C@@H]2N)[C@H](O)[C@@H](O)[C@@H]1O. The second-order valence-corrected chi connectivity index (χ2v) is 11.7. The van der Waals surface area contributed by atoms with E-state index >= 15 is 0 Å². The molecule has 3 aliphatic rings. The molecule has 0 aromatic rings. The predicted octanol–water partition coefficient (Wildman–Crippen LogP) is -9.00. The Morgan fingerprint density at radius 1 is 0.750 bits per heavy atom. The highest BCUT2D eigenvalue weighted by Crippen LogP contribution is 2.32. The van der Waals surface area contributed by atoms with E-state index in [0.717, 1.165) is 0 Å². The van der Waals surface area contributed by atoms with E-state index in [-0.39, 0.29) is 39.1 Å². The van der Waals surface area contributed by atoms with Crippen molar-refractivity contribution in [2.45, 2.75) is 117 Å². The molecule has 0 amide bonds. The molecule has 19 nitrogen and oxygen atoms in total. The van der Waals surface area contributed by atoms with Gasteiger partial charge in [0.05, 0.1) is 24.9 Å². The summed E-state index contributed by atoms with van der Waals surface area (Å²) in [6.45, 7) is -0.355. The second kappa shape index (κ2) is 17.4. The summed E-state index contributed by atoms with van der Waals surface area (Å²) in [6.07, 6.45) is -18.7. The van der Waals surface area contributed by atoms with Crippen molar-refractivity contribution in [3.8, 4) is 0 Å². The molecule has 0 aromatic carbocycles. The molecule has 0 bridgehead atoms. The quantitative estimate of drug-likeness (QED) is 0.0786. The minimum Gasteiger partial charge on any atom is -0.394 e. The van der Waals surface area contributed by atoms with Crippen LogP contribution in [0.4, 0.5) is 0 Å². The summed E-state index contributed by atoms with van der Waals surface area (Å²) in [4.78, 5) is 0. The molecule has 2 aliphatic heterocycles. The fourth-order valence-corrected chi connectivity index (χ4v) is 5.59. The highest BCUT2D eigenvalue weighted by atomic mass is 16.7. The third kappa shape index (κ3) is 9.19. The summed E-state index contributed by atoms with van der Waals surface area (Å²) < 4.78 is 23.1. The van der Waals surface area contributed by atoms with Gasteiger partial charge in [-0.3, -0.25) is 0 Å². The van der Waals surface area contributed by atoms with Crippen LogP contribution < -0.4 is 33.6 Å². The van der Waals surface area contributed by atoms with Crippen LogP contribution in [0.15, 0.2) is 0 Å². The van der Waals surface area contributed by atoms with Crippen molar-refractivity contribution in [1.82, 2.24) is 10.6 Å². The van der Waals surface area contributed by atoms with Gasteiger partial charge in [-0.2, -0.15) is 0 Å². The summed E-state index contributed by atoms with van der Waals surface area (Å²) in [5, 5.41) is 99.4. The molecule has 1 saturated carbocycles. The number of ether oxygens (including phenoxy) is 4. The van der Waals surface area contributed by atoms with E-state index < -0.39 is 111 Å². The number of nitrogens with two attached hydrogens (primary N) is 4. The lowest BCUT2D eigenvalue weighted by Gasteiger charge is -2.49. The highest BCUT2D eigenvalue weighted by molar-refractivity contribution is 5.02. The molecule has 17 atom stereocenters. The van der Waals surface area contributed by atoms with Crippen LogP contribution in [0.3, 0.4) is 0 Å². The number of rotatable bonds is 15. The molecular weight excluding hydrogens is 592 g/mol. The summed E-state index contributed by atoms with van der Waals surface area (Å²) in [5.41, 5.74) is 23.2. The van der Waals surface area contributed by atoms with Crippen LogP contribution >= 0.6 is 0 Å². The van der Waals surface area contributed by atoms with Crippen LogP contribution in [0.5, 0.6) is 0 Å². The lowest BCUT2D eigenvalue weighted by molar-refractivity contribution is -0.333. The van der Waals surface area contributed by atoms with Gasteiger partial charge in [-0.25, -0.2) is 0 Å². The van der Waals surface area contributed by atoms with Gasteiger partial charge in [-0.1, -0.05) is 0 Å². The maximum absolute atomic E-state index is 11.5. The van der Waals surface area contributed by atoms with Crippen molar-refractivity contribution >= 4 is 0 Å². The van der Waals surface area contributed by atoms with Crippen LogP contribution in [0.2, 0.25) is 0 Å². The maximum Gasteiger partial charge on any atom is 0.187 e. The van der Waals surface area contributed by atoms with Crippen molar-refractivity contribution in [2.24, 2.45) is 22.9 Å². The van der Waals surface area contributed by atoms with Crippen LogP contribution in [-0.2, 0) is 18.9 Å². The summed E-state index contributed by atoms with van der Waals surface area (Å²) >= 11 is 0. The Labute approximate surface area is 255 Å².